The minimum atomic E-state index is -0.225. The molecule has 1 aliphatic rings. The number of guanidine groups is 1. The number of anilines is 1. The molecule has 0 atom stereocenters. The van der Waals surface area contributed by atoms with Crippen molar-refractivity contribution < 1.29 is 13.9 Å². The second-order valence-electron chi connectivity index (χ2n) is 7.03. The zero-order chi connectivity index (χ0) is 20.6. The Morgan fingerprint density at radius 2 is 1.67 bits per heavy atom. The van der Waals surface area contributed by atoms with E-state index in [9.17, 15) is 4.39 Å². The number of benzene rings is 2. The molecule has 0 radical (unpaired) electrons. The molecular formula is C22H30FIN4O2. The van der Waals surface area contributed by atoms with Crippen molar-refractivity contribution in [3.05, 3.63) is 53.8 Å². The third-order valence-corrected chi connectivity index (χ3v) is 5.13. The van der Waals surface area contributed by atoms with Gasteiger partial charge in [0.15, 0.2) is 5.96 Å². The minimum absolute atomic E-state index is 0. The quantitative estimate of drug-likeness (QED) is 0.340. The van der Waals surface area contributed by atoms with Crippen LogP contribution >= 0.6 is 24.0 Å². The Morgan fingerprint density at radius 1 is 1.07 bits per heavy atom. The van der Waals surface area contributed by atoms with Crippen LogP contribution in [0, 0.1) is 5.82 Å². The number of aliphatic imine (C=N–C) groups is 1. The first-order valence-electron chi connectivity index (χ1n) is 9.81. The summed E-state index contributed by atoms with van der Waals surface area (Å²) in [6.07, 6.45) is 1.99. The first-order valence-corrected chi connectivity index (χ1v) is 9.81. The van der Waals surface area contributed by atoms with Gasteiger partial charge in [0.2, 0.25) is 0 Å². The molecule has 30 heavy (non-hydrogen) atoms. The number of hydrogen-bond acceptors (Lipinski definition) is 4. The van der Waals surface area contributed by atoms with Gasteiger partial charge in [0, 0.05) is 56.6 Å². The van der Waals surface area contributed by atoms with Gasteiger partial charge in [-0.25, -0.2) is 4.39 Å². The fourth-order valence-corrected chi connectivity index (χ4v) is 3.43. The fraction of sp³-hybridized carbons (Fsp3) is 0.409. The fourth-order valence-electron chi connectivity index (χ4n) is 3.43. The Bertz CT molecular complexity index is 802. The molecule has 1 aliphatic heterocycles. The summed E-state index contributed by atoms with van der Waals surface area (Å²) < 4.78 is 23.8. The van der Waals surface area contributed by atoms with E-state index in [0.717, 1.165) is 54.6 Å². The van der Waals surface area contributed by atoms with Gasteiger partial charge in [0.05, 0.1) is 14.2 Å². The number of hydrogen-bond donors (Lipinski definition) is 2. The molecule has 164 valence electrons. The molecule has 0 aromatic heterocycles. The number of ether oxygens (including phenoxy) is 2. The van der Waals surface area contributed by atoms with Gasteiger partial charge in [-0.15, -0.1) is 24.0 Å². The molecular weight excluding hydrogens is 498 g/mol. The molecule has 0 aliphatic carbocycles. The highest BCUT2D eigenvalue weighted by atomic mass is 127. The van der Waals surface area contributed by atoms with E-state index in [1.54, 1.807) is 33.4 Å². The minimum Gasteiger partial charge on any atom is -0.497 e. The maximum absolute atomic E-state index is 13.0. The molecule has 2 N–H and O–H groups in total. The van der Waals surface area contributed by atoms with E-state index in [2.05, 4.69) is 20.5 Å². The van der Waals surface area contributed by atoms with Crippen LogP contribution in [0.5, 0.6) is 11.5 Å². The van der Waals surface area contributed by atoms with Gasteiger partial charge in [-0.3, -0.25) is 4.99 Å². The summed E-state index contributed by atoms with van der Waals surface area (Å²) in [5.41, 5.74) is 2.12. The predicted molar refractivity (Wildman–Crippen MR) is 130 cm³/mol. The number of nitrogens with one attached hydrogen (secondary N) is 2. The molecule has 1 heterocycles. The number of methoxy groups -OCH3 is 2. The zero-order valence-corrected chi connectivity index (χ0v) is 20.0. The van der Waals surface area contributed by atoms with Gasteiger partial charge in [-0.1, -0.05) is 12.1 Å². The van der Waals surface area contributed by atoms with E-state index in [1.165, 1.54) is 12.1 Å². The van der Waals surface area contributed by atoms with Gasteiger partial charge in [-0.2, -0.15) is 0 Å². The highest BCUT2D eigenvalue weighted by Gasteiger charge is 2.21. The van der Waals surface area contributed by atoms with Crippen molar-refractivity contribution in [3.8, 4) is 11.5 Å². The molecule has 2 aromatic rings. The van der Waals surface area contributed by atoms with Crippen LogP contribution in [0.4, 0.5) is 10.1 Å². The van der Waals surface area contributed by atoms with Crippen molar-refractivity contribution in [2.24, 2.45) is 4.99 Å². The number of halogens is 2. The van der Waals surface area contributed by atoms with Gasteiger partial charge >= 0.3 is 0 Å². The number of rotatable bonds is 6. The third kappa shape index (κ3) is 6.65. The first kappa shape index (κ1) is 24.0. The zero-order valence-electron chi connectivity index (χ0n) is 17.7. The smallest absolute Gasteiger partial charge is 0.191 e. The van der Waals surface area contributed by atoms with E-state index >= 15 is 0 Å². The lowest BCUT2D eigenvalue weighted by atomic mass is 10.0. The largest absolute Gasteiger partial charge is 0.497 e. The van der Waals surface area contributed by atoms with Crippen LogP contribution in [0.25, 0.3) is 0 Å². The van der Waals surface area contributed by atoms with Gasteiger partial charge < -0.3 is 25.0 Å². The molecule has 1 fully saturated rings. The Hall–Kier alpha value is -2.23. The Morgan fingerprint density at radius 3 is 2.20 bits per heavy atom. The maximum atomic E-state index is 13.0. The lowest BCUT2D eigenvalue weighted by Crippen LogP contribution is -2.48. The Labute approximate surface area is 194 Å². The topological polar surface area (TPSA) is 58.1 Å². The molecule has 0 bridgehead atoms. The molecule has 0 spiro atoms. The van der Waals surface area contributed by atoms with Crippen molar-refractivity contribution in [3.63, 3.8) is 0 Å². The highest BCUT2D eigenvalue weighted by Crippen LogP contribution is 2.30. The van der Waals surface area contributed by atoms with Crippen LogP contribution in [0.15, 0.2) is 47.5 Å². The number of nitrogens with zero attached hydrogens (tertiary/aromatic N) is 2. The molecule has 1 saturated heterocycles. The molecule has 2 aromatic carbocycles. The van der Waals surface area contributed by atoms with Crippen molar-refractivity contribution in [1.82, 2.24) is 10.6 Å². The van der Waals surface area contributed by atoms with Crippen LogP contribution in [0.1, 0.15) is 18.4 Å². The van der Waals surface area contributed by atoms with Gasteiger partial charge in [0.25, 0.3) is 0 Å². The van der Waals surface area contributed by atoms with Crippen LogP contribution in [-0.4, -0.2) is 46.4 Å². The lowest BCUT2D eigenvalue weighted by Gasteiger charge is -2.34. The third-order valence-electron chi connectivity index (χ3n) is 5.13. The highest BCUT2D eigenvalue weighted by molar-refractivity contribution is 14.0. The maximum Gasteiger partial charge on any atom is 0.191 e. The summed E-state index contributed by atoms with van der Waals surface area (Å²) in [7, 11) is 5.09. The summed E-state index contributed by atoms with van der Waals surface area (Å²) >= 11 is 0. The monoisotopic (exact) mass is 528 g/mol. The van der Waals surface area contributed by atoms with E-state index < -0.39 is 0 Å². The van der Waals surface area contributed by atoms with E-state index in [-0.39, 0.29) is 29.8 Å². The average molecular weight is 528 g/mol. The van der Waals surface area contributed by atoms with E-state index in [1.807, 2.05) is 18.2 Å². The summed E-state index contributed by atoms with van der Waals surface area (Å²) in [6.45, 7) is 2.47. The standard InChI is InChI=1S/C22H29FN4O2.HI/c1-24-22(25-15-16-4-6-17(23)7-5-16)26-18-8-10-27(11-9-18)19-12-20(28-2)14-21(13-19)29-3;/h4-7,12-14,18H,8-11,15H2,1-3H3,(H2,24,25,26);1H. The molecule has 8 heteroatoms. The first-order chi connectivity index (χ1) is 14.1. The van der Waals surface area contributed by atoms with Crippen LogP contribution in [-0.2, 0) is 6.54 Å². The lowest BCUT2D eigenvalue weighted by molar-refractivity contribution is 0.393. The molecule has 0 unspecified atom stereocenters. The Kier molecular flexibility index (Phi) is 9.48. The molecule has 3 rings (SSSR count). The number of piperidine rings is 1. The van der Waals surface area contributed by atoms with Gasteiger partial charge in [-0.05, 0) is 30.5 Å². The van der Waals surface area contributed by atoms with Crippen molar-refractivity contribution in [1.29, 1.82) is 0 Å². The summed E-state index contributed by atoms with van der Waals surface area (Å²) in [5, 5.41) is 6.79. The second-order valence-corrected chi connectivity index (χ2v) is 7.03. The van der Waals surface area contributed by atoms with Crippen molar-refractivity contribution >= 4 is 35.6 Å². The molecule has 0 saturated carbocycles. The predicted octanol–water partition coefficient (Wildman–Crippen LogP) is 3.79. The summed E-state index contributed by atoms with van der Waals surface area (Å²) in [6, 6.07) is 12.8. The summed E-state index contributed by atoms with van der Waals surface area (Å²) in [5.74, 6) is 2.13. The SMILES string of the molecule is CN=C(NCc1ccc(F)cc1)NC1CCN(c2cc(OC)cc(OC)c2)CC1.I. The van der Waals surface area contributed by atoms with E-state index in [0.29, 0.717) is 12.6 Å². The Balaban J connectivity index is 0.00000320. The van der Waals surface area contributed by atoms with Crippen LogP contribution in [0.2, 0.25) is 0 Å². The normalized spacial score (nSPS) is 14.7. The second kappa shape index (κ2) is 11.8. The van der Waals surface area contributed by atoms with Crippen LogP contribution < -0.4 is 25.0 Å². The average Bonchev–Trinajstić information content (AvgIpc) is 2.77. The van der Waals surface area contributed by atoms with Crippen LogP contribution in [0.3, 0.4) is 0 Å². The molecule has 0 amide bonds. The van der Waals surface area contributed by atoms with E-state index in [4.69, 9.17) is 9.47 Å². The van der Waals surface area contributed by atoms with Crippen molar-refractivity contribution in [2.75, 3.05) is 39.3 Å². The molecule has 6 nitrogen and oxygen atoms in total. The van der Waals surface area contributed by atoms with Gasteiger partial charge in [0.1, 0.15) is 17.3 Å². The summed E-state index contributed by atoms with van der Waals surface area (Å²) in [4.78, 5) is 6.66. The van der Waals surface area contributed by atoms with Crippen molar-refractivity contribution in [2.45, 2.75) is 25.4 Å².